The Balaban J connectivity index is 1.44. The highest BCUT2D eigenvalue weighted by Crippen LogP contribution is 2.32. The molecular weight excluding hydrogens is 388 g/mol. The first-order valence-electron chi connectivity index (χ1n) is 10.6. The van der Waals surface area contributed by atoms with Crippen LogP contribution in [-0.4, -0.2) is 39.8 Å². The van der Waals surface area contributed by atoms with E-state index in [0.29, 0.717) is 11.5 Å². The smallest absolute Gasteiger partial charge is 0.255 e. The van der Waals surface area contributed by atoms with E-state index in [1.54, 1.807) is 19.1 Å². The highest BCUT2D eigenvalue weighted by atomic mass is 16.2. The van der Waals surface area contributed by atoms with Crippen LogP contribution in [0.3, 0.4) is 0 Å². The Labute approximate surface area is 180 Å². The number of benzene rings is 2. The van der Waals surface area contributed by atoms with Gasteiger partial charge in [0.2, 0.25) is 5.91 Å². The van der Waals surface area contributed by atoms with Crippen molar-refractivity contribution in [3.05, 3.63) is 72.1 Å². The van der Waals surface area contributed by atoms with Gasteiger partial charge in [-0.25, -0.2) is 0 Å². The number of nitrogens with zero attached hydrogens (tertiary/aromatic N) is 2. The predicted molar refractivity (Wildman–Crippen MR) is 122 cm³/mol. The Morgan fingerprint density at radius 3 is 2.48 bits per heavy atom. The largest absolute Gasteiger partial charge is 0.353 e. The Hall–Kier alpha value is -3.67. The first-order valence-corrected chi connectivity index (χ1v) is 10.6. The summed E-state index contributed by atoms with van der Waals surface area (Å²) in [6, 6.07) is 17.3. The fraction of sp³-hybridized carbons (Fsp3) is 0.240. The van der Waals surface area contributed by atoms with Gasteiger partial charge in [-0.2, -0.15) is 0 Å². The van der Waals surface area contributed by atoms with E-state index in [1.807, 2.05) is 47.5 Å². The van der Waals surface area contributed by atoms with Gasteiger partial charge in [0.25, 0.3) is 5.91 Å². The van der Waals surface area contributed by atoms with Crippen molar-refractivity contribution in [3.8, 4) is 0 Å². The minimum absolute atomic E-state index is 0.126. The molecule has 2 aromatic heterocycles. The lowest BCUT2D eigenvalue weighted by molar-refractivity contribution is -0.129. The van der Waals surface area contributed by atoms with E-state index in [-0.39, 0.29) is 11.8 Å². The molecule has 0 saturated carbocycles. The van der Waals surface area contributed by atoms with Gasteiger partial charge in [-0.1, -0.05) is 18.2 Å². The number of hydrogen-bond acceptors (Lipinski definition) is 3. The lowest BCUT2D eigenvalue weighted by Gasteiger charge is -2.31. The molecule has 2 aromatic carbocycles. The summed E-state index contributed by atoms with van der Waals surface area (Å²) in [6.07, 6.45) is 3.75. The van der Waals surface area contributed by atoms with Crippen LogP contribution in [-0.2, 0) is 4.79 Å². The summed E-state index contributed by atoms with van der Waals surface area (Å²) in [5.41, 5.74) is 4.44. The number of aromatic nitrogens is 2. The maximum Gasteiger partial charge on any atom is 0.255 e. The summed E-state index contributed by atoms with van der Waals surface area (Å²) in [5, 5.41) is 5.15. The summed E-state index contributed by atoms with van der Waals surface area (Å²) in [4.78, 5) is 34.2. The minimum atomic E-state index is -0.126. The summed E-state index contributed by atoms with van der Waals surface area (Å²) in [7, 11) is 0. The number of pyridine rings is 1. The van der Waals surface area contributed by atoms with E-state index < -0.39 is 0 Å². The zero-order valence-electron chi connectivity index (χ0n) is 17.4. The van der Waals surface area contributed by atoms with Crippen LogP contribution in [0.2, 0.25) is 0 Å². The SMILES string of the molecule is CC(=O)N1CCC(c2cc3c(cn2)[nH]c2ccc(NC(=O)c4ccccc4)cc23)CC1. The average molecular weight is 412 g/mol. The van der Waals surface area contributed by atoms with E-state index in [0.717, 1.165) is 59.1 Å². The normalized spacial score (nSPS) is 14.8. The number of carbonyl (C=O) groups is 2. The third kappa shape index (κ3) is 3.77. The molecule has 1 aliphatic heterocycles. The summed E-state index contributed by atoms with van der Waals surface area (Å²) < 4.78 is 0. The molecule has 0 bridgehead atoms. The molecule has 1 fully saturated rings. The number of rotatable bonds is 3. The van der Waals surface area contributed by atoms with Gasteiger partial charge in [-0.05, 0) is 49.2 Å². The molecule has 6 nitrogen and oxygen atoms in total. The maximum atomic E-state index is 12.5. The lowest BCUT2D eigenvalue weighted by Crippen LogP contribution is -2.36. The Morgan fingerprint density at radius 2 is 1.74 bits per heavy atom. The molecule has 1 saturated heterocycles. The molecule has 5 rings (SSSR count). The molecule has 31 heavy (non-hydrogen) atoms. The lowest BCUT2D eigenvalue weighted by atomic mass is 9.92. The number of fused-ring (bicyclic) bond motifs is 3. The fourth-order valence-electron chi connectivity index (χ4n) is 4.40. The highest BCUT2D eigenvalue weighted by molar-refractivity contribution is 6.10. The molecule has 6 heteroatoms. The van der Waals surface area contributed by atoms with Gasteiger partial charge < -0.3 is 15.2 Å². The molecule has 3 heterocycles. The monoisotopic (exact) mass is 412 g/mol. The number of carbonyl (C=O) groups excluding carboxylic acids is 2. The van der Waals surface area contributed by atoms with Crippen molar-refractivity contribution in [3.63, 3.8) is 0 Å². The zero-order valence-corrected chi connectivity index (χ0v) is 17.4. The van der Waals surface area contributed by atoms with Gasteiger partial charge in [0.15, 0.2) is 0 Å². The second-order valence-corrected chi connectivity index (χ2v) is 8.14. The third-order valence-corrected chi connectivity index (χ3v) is 6.16. The second-order valence-electron chi connectivity index (χ2n) is 8.14. The van der Waals surface area contributed by atoms with Crippen LogP contribution in [0, 0.1) is 0 Å². The number of amides is 2. The molecular formula is C25H24N4O2. The van der Waals surface area contributed by atoms with Gasteiger partial charge in [-0.15, -0.1) is 0 Å². The Kier molecular flexibility index (Phi) is 4.90. The van der Waals surface area contributed by atoms with Crippen molar-refractivity contribution in [2.45, 2.75) is 25.7 Å². The van der Waals surface area contributed by atoms with Crippen LogP contribution in [0.15, 0.2) is 60.8 Å². The molecule has 0 spiro atoms. The topological polar surface area (TPSA) is 78.1 Å². The highest BCUT2D eigenvalue weighted by Gasteiger charge is 2.23. The fourth-order valence-corrected chi connectivity index (χ4v) is 4.40. The quantitative estimate of drug-likeness (QED) is 0.512. The van der Waals surface area contributed by atoms with E-state index in [4.69, 9.17) is 4.98 Å². The van der Waals surface area contributed by atoms with E-state index >= 15 is 0 Å². The number of hydrogen-bond donors (Lipinski definition) is 2. The van der Waals surface area contributed by atoms with Gasteiger partial charge in [0, 0.05) is 59.2 Å². The van der Waals surface area contributed by atoms with Gasteiger partial charge in [-0.3, -0.25) is 14.6 Å². The first-order chi connectivity index (χ1) is 15.1. The van der Waals surface area contributed by atoms with Crippen molar-refractivity contribution in [2.24, 2.45) is 0 Å². The third-order valence-electron chi connectivity index (χ3n) is 6.16. The Bertz CT molecular complexity index is 1270. The summed E-state index contributed by atoms with van der Waals surface area (Å²) >= 11 is 0. The molecule has 0 atom stereocenters. The molecule has 0 unspecified atom stereocenters. The molecule has 2 amide bonds. The van der Waals surface area contributed by atoms with Crippen molar-refractivity contribution >= 4 is 39.3 Å². The number of anilines is 1. The summed E-state index contributed by atoms with van der Waals surface area (Å²) in [5.74, 6) is 0.369. The average Bonchev–Trinajstić information content (AvgIpc) is 3.17. The Morgan fingerprint density at radius 1 is 1.00 bits per heavy atom. The van der Waals surface area contributed by atoms with Gasteiger partial charge >= 0.3 is 0 Å². The minimum Gasteiger partial charge on any atom is -0.353 e. The van der Waals surface area contributed by atoms with Gasteiger partial charge in [0.1, 0.15) is 0 Å². The van der Waals surface area contributed by atoms with Crippen LogP contribution in [0.5, 0.6) is 0 Å². The van der Waals surface area contributed by atoms with Crippen LogP contribution in [0.25, 0.3) is 21.8 Å². The van der Waals surface area contributed by atoms with Gasteiger partial charge in [0.05, 0.1) is 11.7 Å². The number of piperidine rings is 1. The maximum absolute atomic E-state index is 12.5. The van der Waals surface area contributed by atoms with E-state index in [2.05, 4.69) is 16.4 Å². The van der Waals surface area contributed by atoms with Crippen LogP contribution < -0.4 is 5.32 Å². The van der Waals surface area contributed by atoms with Crippen LogP contribution >= 0.6 is 0 Å². The number of aromatic amines is 1. The zero-order chi connectivity index (χ0) is 21.4. The number of nitrogens with one attached hydrogen (secondary N) is 2. The van der Waals surface area contributed by atoms with E-state index in [1.165, 1.54) is 0 Å². The van der Waals surface area contributed by atoms with Crippen LogP contribution in [0.4, 0.5) is 5.69 Å². The first kappa shape index (κ1) is 19.3. The van der Waals surface area contributed by atoms with Crippen molar-refractivity contribution in [1.82, 2.24) is 14.9 Å². The molecule has 1 aliphatic rings. The van der Waals surface area contributed by atoms with Crippen molar-refractivity contribution < 1.29 is 9.59 Å². The van der Waals surface area contributed by atoms with Crippen molar-refractivity contribution in [1.29, 1.82) is 0 Å². The molecule has 156 valence electrons. The molecule has 0 aliphatic carbocycles. The molecule has 4 aromatic rings. The molecule has 0 radical (unpaired) electrons. The summed E-state index contributed by atoms with van der Waals surface area (Å²) in [6.45, 7) is 3.19. The predicted octanol–water partition coefficient (Wildman–Crippen LogP) is 4.69. The van der Waals surface area contributed by atoms with Crippen molar-refractivity contribution in [2.75, 3.05) is 18.4 Å². The number of H-pyrrole nitrogens is 1. The molecule has 2 N–H and O–H groups in total. The van der Waals surface area contributed by atoms with E-state index in [9.17, 15) is 9.59 Å². The number of likely N-dealkylation sites (tertiary alicyclic amines) is 1. The second kappa shape index (κ2) is 7.87. The standard InChI is InChI=1S/C25H24N4O2/c1-16(30)29-11-9-17(10-12-29)23-14-21-20-13-19(7-8-22(20)28-24(21)15-26-23)27-25(31)18-5-3-2-4-6-18/h2-8,13-15,17,28H,9-12H2,1H3,(H,27,31). The van der Waals surface area contributed by atoms with Crippen LogP contribution in [0.1, 0.15) is 41.7 Å².